The molecule has 0 saturated heterocycles. The van der Waals surface area contributed by atoms with E-state index >= 15 is 0 Å². The zero-order chi connectivity index (χ0) is 8.10. The van der Waals surface area contributed by atoms with E-state index in [1.165, 1.54) is 6.33 Å². The van der Waals surface area contributed by atoms with Crippen LogP contribution in [0.3, 0.4) is 0 Å². The summed E-state index contributed by atoms with van der Waals surface area (Å²) in [5.41, 5.74) is 0. The van der Waals surface area contributed by atoms with Crippen molar-refractivity contribution in [3.63, 3.8) is 0 Å². The first kappa shape index (κ1) is 8.13. The number of hydrogen-bond acceptors (Lipinski definition) is 4. The average Bonchev–Trinajstić information content (AvgIpc) is 2.39. The lowest BCUT2D eigenvalue weighted by atomic mass is 10.4. The predicted molar refractivity (Wildman–Crippen MR) is 41.0 cm³/mol. The number of aromatic nitrogens is 4. The molecule has 0 bridgehead atoms. The van der Waals surface area contributed by atoms with Crippen LogP contribution >= 0.6 is 0 Å². The Kier molecular flexibility index (Phi) is 2.97. The van der Waals surface area contributed by atoms with E-state index in [1.807, 2.05) is 0 Å². The molecule has 0 aliphatic carbocycles. The second-order valence-corrected chi connectivity index (χ2v) is 2.69. The number of rotatable bonds is 4. The van der Waals surface area contributed by atoms with Gasteiger partial charge in [-0.15, -0.1) is 10.2 Å². The van der Waals surface area contributed by atoms with Gasteiger partial charge < -0.3 is 4.90 Å². The Bertz CT molecular complexity index is 181. The molecule has 1 rings (SSSR count). The zero-order valence-corrected chi connectivity index (χ0v) is 6.93. The molecule has 1 aromatic heterocycles. The lowest BCUT2D eigenvalue weighted by Crippen LogP contribution is -2.15. The van der Waals surface area contributed by atoms with Gasteiger partial charge in [0.15, 0.2) is 6.33 Å². The smallest absolute Gasteiger partial charge is 0.162 e. The molecule has 0 aliphatic heterocycles. The maximum absolute atomic E-state index is 3.89. The topological polar surface area (TPSA) is 46.8 Å². The first-order valence-electron chi connectivity index (χ1n) is 3.64. The Labute approximate surface area is 66.0 Å². The Morgan fingerprint density at radius 2 is 2.27 bits per heavy atom. The Hall–Kier alpha value is -0.970. The van der Waals surface area contributed by atoms with Gasteiger partial charge in [0, 0.05) is 0 Å². The molecule has 0 unspecified atom stereocenters. The molecular weight excluding hydrogens is 142 g/mol. The molecule has 0 amide bonds. The summed E-state index contributed by atoms with van der Waals surface area (Å²) in [5, 5.41) is 11.2. The summed E-state index contributed by atoms with van der Waals surface area (Å²) < 4.78 is 0. The van der Waals surface area contributed by atoms with Crippen LogP contribution in [0.4, 0.5) is 0 Å². The van der Waals surface area contributed by atoms with Crippen molar-refractivity contribution in [1.29, 1.82) is 0 Å². The van der Waals surface area contributed by atoms with Crippen LogP contribution in [-0.4, -0.2) is 45.7 Å². The molecule has 62 valence electrons. The summed E-state index contributed by atoms with van der Waals surface area (Å²) in [6, 6.07) is 0. The van der Waals surface area contributed by atoms with Crippen LogP contribution < -0.4 is 0 Å². The van der Waals surface area contributed by atoms with E-state index in [0.717, 1.165) is 19.5 Å². The highest BCUT2D eigenvalue weighted by Crippen LogP contribution is 1.85. The quantitative estimate of drug-likeness (QED) is 0.595. The minimum absolute atomic E-state index is 0.845. The molecule has 5 nitrogen and oxygen atoms in total. The van der Waals surface area contributed by atoms with Gasteiger partial charge in [0.2, 0.25) is 0 Å². The van der Waals surface area contributed by atoms with Crippen LogP contribution in [0.15, 0.2) is 6.33 Å². The van der Waals surface area contributed by atoms with Crippen molar-refractivity contribution >= 4 is 0 Å². The van der Waals surface area contributed by atoms with Crippen molar-refractivity contribution in [2.45, 2.75) is 13.0 Å². The Morgan fingerprint density at radius 1 is 1.45 bits per heavy atom. The van der Waals surface area contributed by atoms with E-state index in [1.54, 1.807) is 4.80 Å². The van der Waals surface area contributed by atoms with Gasteiger partial charge in [0.25, 0.3) is 0 Å². The number of aryl methyl sites for hydroxylation is 1. The number of nitrogens with zero attached hydrogens (tertiary/aromatic N) is 5. The third kappa shape index (κ3) is 3.08. The molecule has 0 atom stereocenters. The first-order chi connectivity index (χ1) is 5.29. The van der Waals surface area contributed by atoms with E-state index < -0.39 is 0 Å². The van der Waals surface area contributed by atoms with Crippen molar-refractivity contribution in [3.05, 3.63) is 6.33 Å². The standard InChI is InChI=1S/C6H13N5/c1-10(2)4-3-5-11-8-6-7-9-11/h6H,3-5H2,1-2H3. The van der Waals surface area contributed by atoms with Crippen LogP contribution in [0.25, 0.3) is 0 Å². The van der Waals surface area contributed by atoms with Gasteiger partial charge in [0.1, 0.15) is 0 Å². The molecule has 1 heterocycles. The highest BCUT2D eigenvalue weighted by molar-refractivity contribution is 4.44. The highest BCUT2D eigenvalue weighted by atomic mass is 15.6. The molecule has 0 N–H and O–H groups in total. The summed E-state index contributed by atoms with van der Waals surface area (Å²) >= 11 is 0. The zero-order valence-electron chi connectivity index (χ0n) is 6.93. The summed E-state index contributed by atoms with van der Waals surface area (Å²) in [4.78, 5) is 3.74. The van der Waals surface area contributed by atoms with Crippen molar-refractivity contribution in [3.8, 4) is 0 Å². The molecule has 5 heteroatoms. The van der Waals surface area contributed by atoms with E-state index in [9.17, 15) is 0 Å². The predicted octanol–water partition coefficient (Wildman–Crippen LogP) is -0.375. The second kappa shape index (κ2) is 4.02. The normalized spacial score (nSPS) is 10.8. The van der Waals surface area contributed by atoms with Gasteiger partial charge >= 0.3 is 0 Å². The van der Waals surface area contributed by atoms with Gasteiger partial charge in [0.05, 0.1) is 6.54 Å². The van der Waals surface area contributed by atoms with E-state index in [2.05, 4.69) is 34.4 Å². The molecule has 0 radical (unpaired) electrons. The highest BCUT2D eigenvalue weighted by Gasteiger charge is 1.93. The van der Waals surface area contributed by atoms with Crippen molar-refractivity contribution in [2.75, 3.05) is 20.6 Å². The van der Waals surface area contributed by atoms with Gasteiger partial charge in [-0.25, -0.2) is 0 Å². The van der Waals surface area contributed by atoms with Crippen LogP contribution in [0, 0.1) is 0 Å². The molecule has 0 spiro atoms. The fraction of sp³-hybridized carbons (Fsp3) is 0.833. The fourth-order valence-corrected chi connectivity index (χ4v) is 0.819. The summed E-state index contributed by atoms with van der Waals surface area (Å²) in [6.07, 6.45) is 2.51. The van der Waals surface area contributed by atoms with Crippen LogP contribution in [0.5, 0.6) is 0 Å². The maximum Gasteiger partial charge on any atom is 0.162 e. The second-order valence-electron chi connectivity index (χ2n) is 2.69. The van der Waals surface area contributed by atoms with Crippen LogP contribution in [0.2, 0.25) is 0 Å². The SMILES string of the molecule is CN(C)CCCn1ncnn1. The maximum atomic E-state index is 3.89. The summed E-state index contributed by atoms with van der Waals surface area (Å²) in [7, 11) is 4.10. The van der Waals surface area contributed by atoms with Crippen LogP contribution in [0.1, 0.15) is 6.42 Å². The molecule has 0 aliphatic rings. The minimum Gasteiger partial charge on any atom is -0.309 e. The summed E-state index contributed by atoms with van der Waals surface area (Å²) in [5.74, 6) is 0. The number of tetrazole rings is 1. The average molecular weight is 155 g/mol. The largest absolute Gasteiger partial charge is 0.309 e. The Morgan fingerprint density at radius 3 is 2.82 bits per heavy atom. The molecule has 11 heavy (non-hydrogen) atoms. The van der Waals surface area contributed by atoms with E-state index in [-0.39, 0.29) is 0 Å². The minimum atomic E-state index is 0.845. The molecular formula is C6H13N5. The molecule has 0 fully saturated rings. The molecule has 0 aromatic carbocycles. The first-order valence-corrected chi connectivity index (χ1v) is 3.64. The monoisotopic (exact) mass is 155 g/mol. The van der Waals surface area contributed by atoms with Crippen molar-refractivity contribution in [2.24, 2.45) is 0 Å². The lowest BCUT2D eigenvalue weighted by Gasteiger charge is -2.07. The Balaban J connectivity index is 2.14. The molecule has 0 saturated carbocycles. The van der Waals surface area contributed by atoms with Crippen molar-refractivity contribution < 1.29 is 0 Å². The van der Waals surface area contributed by atoms with Crippen molar-refractivity contribution in [1.82, 2.24) is 25.1 Å². The number of hydrogen-bond donors (Lipinski definition) is 0. The molecule has 1 aromatic rings. The van der Waals surface area contributed by atoms with Gasteiger partial charge in [-0.1, -0.05) is 0 Å². The van der Waals surface area contributed by atoms with Gasteiger partial charge in [-0.2, -0.15) is 4.80 Å². The third-order valence-electron chi connectivity index (χ3n) is 1.35. The third-order valence-corrected chi connectivity index (χ3v) is 1.35. The summed E-state index contributed by atoms with van der Waals surface area (Å²) in [6.45, 7) is 1.90. The van der Waals surface area contributed by atoms with Gasteiger partial charge in [-0.3, -0.25) is 0 Å². The lowest BCUT2D eigenvalue weighted by molar-refractivity contribution is 0.369. The van der Waals surface area contributed by atoms with E-state index in [0.29, 0.717) is 0 Å². The van der Waals surface area contributed by atoms with Crippen LogP contribution in [-0.2, 0) is 6.54 Å². The van der Waals surface area contributed by atoms with E-state index in [4.69, 9.17) is 0 Å². The van der Waals surface area contributed by atoms with Gasteiger partial charge in [-0.05, 0) is 32.3 Å². The fourth-order valence-electron chi connectivity index (χ4n) is 0.819.